The van der Waals surface area contributed by atoms with Crippen LogP contribution in [0.15, 0.2) is 65.1 Å². The number of halogens is 1. The van der Waals surface area contributed by atoms with Gasteiger partial charge in [-0.25, -0.2) is 9.18 Å². The Balaban J connectivity index is 1.43. The summed E-state index contributed by atoms with van der Waals surface area (Å²) in [7, 11) is 1.50. The number of rotatable bonds is 5. The summed E-state index contributed by atoms with van der Waals surface area (Å²) in [4.78, 5) is 24.2. The fourth-order valence-corrected chi connectivity index (χ4v) is 3.08. The van der Waals surface area contributed by atoms with Crippen LogP contribution in [0.4, 0.5) is 20.6 Å². The molecule has 0 unspecified atom stereocenters. The van der Waals surface area contributed by atoms with E-state index in [0.29, 0.717) is 22.7 Å². The number of carbonyl (C=O) groups is 2. The van der Waals surface area contributed by atoms with Gasteiger partial charge in [-0.1, -0.05) is 18.2 Å². The predicted octanol–water partition coefficient (Wildman–Crippen LogP) is 4.49. The molecule has 0 spiro atoms. The van der Waals surface area contributed by atoms with Crippen molar-refractivity contribution in [1.29, 1.82) is 0 Å². The van der Waals surface area contributed by atoms with E-state index in [1.807, 2.05) is 24.3 Å². The van der Waals surface area contributed by atoms with Crippen LogP contribution < -0.4 is 20.7 Å². The minimum atomic E-state index is -0.585. The fraction of sp³-hybridized carbons (Fsp3) is 0.0909. The molecule has 4 aromatic rings. The van der Waals surface area contributed by atoms with E-state index in [2.05, 4.69) is 16.0 Å². The second-order valence-corrected chi connectivity index (χ2v) is 6.51. The lowest BCUT2D eigenvalue weighted by Gasteiger charge is -2.11. The number of nitrogens with one attached hydrogen (secondary N) is 3. The van der Waals surface area contributed by atoms with Gasteiger partial charge in [0, 0.05) is 22.5 Å². The molecule has 1 heterocycles. The number of furan rings is 1. The van der Waals surface area contributed by atoms with Gasteiger partial charge in [0.15, 0.2) is 0 Å². The van der Waals surface area contributed by atoms with Gasteiger partial charge in [-0.2, -0.15) is 0 Å². The number of urea groups is 1. The van der Waals surface area contributed by atoms with Gasteiger partial charge >= 0.3 is 6.03 Å². The lowest BCUT2D eigenvalue weighted by molar-refractivity contribution is -0.115. The fourth-order valence-electron chi connectivity index (χ4n) is 3.08. The van der Waals surface area contributed by atoms with Gasteiger partial charge in [0.1, 0.15) is 22.7 Å². The molecule has 0 fully saturated rings. The molecule has 3 aromatic carbocycles. The van der Waals surface area contributed by atoms with E-state index < -0.39 is 17.8 Å². The van der Waals surface area contributed by atoms with Crippen molar-refractivity contribution in [1.82, 2.24) is 5.32 Å². The molecule has 0 aliphatic heterocycles. The molecule has 0 saturated heterocycles. The Morgan fingerprint density at radius 2 is 1.73 bits per heavy atom. The molecule has 0 bridgehead atoms. The normalized spacial score (nSPS) is 10.7. The molecular weight excluding hydrogens is 389 g/mol. The highest BCUT2D eigenvalue weighted by molar-refractivity contribution is 6.07. The average molecular weight is 407 g/mol. The van der Waals surface area contributed by atoms with E-state index in [4.69, 9.17) is 9.15 Å². The summed E-state index contributed by atoms with van der Waals surface area (Å²) in [5.74, 6) is -0.391. The van der Waals surface area contributed by atoms with Crippen molar-refractivity contribution in [3.05, 3.63) is 66.5 Å². The zero-order valence-corrected chi connectivity index (χ0v) is 16.0. The molecule has 7 nitrogen and oxygen atoms in total. The summed E-state index contributed by atoms with van der Waals surface area (Å²) in [6.07, 6.45) is 0. The number of carbonyl (C=O) groups excluding carboxylic acids is 2. The molecule has 3 amide bonds. The maximum absolute atomic E-state index is 12.9. The van der Waals surface area contributed by atoms with Gasteiger partial charge in [-0.05, 0) is 36.4 Å². The molecule has 0 atom stereocenters. The third-order valence-corrected chi connectivity index (χ3v) is 4.48. The van der Waals surface area contributed by atoms with E-state index in [0.717, 1.165) is 16.4 Å². The van der Waals surface area contributed by atoms with Crippen LogP contribution in [-0.4, -0.2) is 25.6 Å². The molecule has 0 aliphatic rings. The van der Waals surface area contributed by atoms with Crippen LogP contribution in [0.5, 0.6) is 5.75 Å². The first-order chi connectivity index (χ1) is 14.5. The molecule has 0 saturated carbocycles. The summed E-state index contributed by atoms with van der Waals surface area (Å²) in [5.41, 5.74) is 2.16. The van der Waals surface area contributed by atoms with Gasteiger partial charge in [0.25, 0.3) is 0 Å². The number of benzene rings is 3. The molecule has 4 rings (SSSR count). The Kier molecular flexibility index (Phi) is 5.21. The minimum absolute atomic E-state index is 0.265. The molecule has 152 valence electrons. The van der Waals surface area contributed by atoms with Crippen molar-refractivity contribution in [3.8, 4) is 5.75 Å². The predicted molar refractivity (Wildman–Crippen MR) is 112 cm³/mol. The van der Waals surface area contributed by atoms with Crippen LogP contribution in [0.3, 0.4) is 0 Å². The van der Waals surface area contributed by atoms with Crippen LogP contribution in [0.1, 0.15) is 0 Å². The van der Waals surface area contributed by atoms with Crippen LogP contribution >= 0.6 is 0 Å². The van der Waals surface area contributed by atoms with Crippen molar-refractivity contribution in [2.75, 3.05) is 24.3 Å². The van der Waals surface area contributed by atoms with E-state index in [1.54, 1.807) is 12.1 Å². The van der Waals surface area contributed by atoms with Crippen LogP contribution in [0, 0.1) is 5.82 Å². The highest BCUT2D eigenvalue weighted by Gasteiger charge is 2.14. The third kappa shape index (κ3) is 4.02. The SMILES string of the molecule is COc1cc2c(cc1NC(=O)NCC(=O)Nc1ccc(F)cc1)oc1ccccc12. The monoisotopic (exact) mass is 407 g/mol. The molecule has 3 N–H and O–H groups in total. The summed E-state index contributed by atoms with van der Waals surface area (Å²) < 4.78 is 24.1. The zero-order chi connectivity index (χ0) is 21.1. The van der Waals surface area contributed by atoms with Crippen molar-refractivity contribution in [2.45, 2.75) is 0 Å². The Labute approximate surface area is 170 Å². The van der Waals surface area contributed by atoms with Gasteiger partial charge in [0.05, 0.1) is 19.3 Å². The smallest absolute Gasteiger partial charge is 0.319 e. The Bertz CT molecular complexity index is 1230. The number of methoxy groups -OCH3 is 1. The second kappa shape index (κ2) is 8.12. The Morgan fingerprint density at radius 1 is 0.967 bits per heavy atom. The largest absolute Gasteiger partial charge is 0.495 e. The second-order valence-electron chi connectivity index (χ2n) is 6.51. The minimum Gasteiger partial charge on any atom is -0.495 e. The number of amides is 3. The molecular formula is C22H18FN3O4. The number of hydrogen-bond acceptors (Lipinski definition) is 4. The molecule has 8 heteroatoms. The number of anilines is 2. The highest BCUT2D eigenvalue weighted by atomic mass is 19.1. The van der Waals surface area contributed by atoms with E-state index in [-0.39, 0.29) is 6.54 Å². The van der Waals surface area contributed by atoms with Crippen molar-refractivity contribution < 1.29 is 23.1 Å². The van der Waals surface area contributed by atoms with Crippen molar-refractivity contribution in [2.24, 2.45) is 0 Å². The summed E-state index contributed by atoms with van der Waals surface area (Å²) in [5, 5.41) is 9.50. The molecule has 0 radical (unpaired) electrons. The highest BCUT2D eigenvalue weighted by Crippen LogP contribution is 2.36. The summed E-state index contributed by atoms with van der Waals surface area (Å²) >= 11 is 0. The standard InChI is InChI=1S/C22H18FN3O4/c1-29-20-10-16-15-4-2-3-5-18(15)30-19(16)11-17(20)26-22(28)24-12-21(27)25-14-8-6-13(23)7-9-14/h2-11H,12H2,1H3,(H,25,27)(H2,24,26,28). The maximum Gasteiger partial charge on any atom is 0.319 e. The van der Waals surface area contributed by atoms with E-state index in [1.165, 1.54) is 31.4 Å². The van der Waals surface area contributed by atoms with Crippen LogP contribution in [-0.2, 0) is 4.79 Å². The first kappa shape index (κ1) is 19.3. The van der Waals surface area contributed by atoms with E-state index in [9.17, 15) is 14.0 Å². The Hall–Kier alpha value is -4.07. The summed E-state index contributed by atoms with van der Waals surface area (Å²) in [6.45, 7) is -0.265. The van der Waals surface area contributed by atoms with Gasteiger partial charge < -0.3 is 25.1 Å². The first-order valence-corrected chi connectivity index (χ1v) is 9.13. The average Bonchev–Trinajstić information content (AvgIpc) is 3.10. The number of para-hydroxylation sites is 1. The quantitative estimate of drug-likeness (QED) is 0.454. The van der Waals surface area contributed by atoms with Gasteiger partial charge in [-0.3, -0.25) is 4.79 Å². The zero-order valence-electron chi connectivity index (χ0n) is 16.0. The molecule has 0 aliphatic carbocycles. The summed E-state index contributed by atoms with van der Waals surface area (Å²) in [6, 6.07) is 15.8. The Morgan fingerprint density at radius 3 is 2.50 bits per heavy atom. The van der Waals surface area contributed by atoms with Crippen molar-refractivity contribution >= 4 is 45.3 Å². The topological polar surface area (TPSA) is 92.6 Å². The van der Waals surface area contributed by atoms with Crippen LogP contribution in [0.2, 0.25) is 0 Å². The maximum atomic E-state index is 12.9. The number of fused-ring (bicyclic) bond motifs is 3. The lowest BCUT2D eigenvalue weighted by atomic mass is 10.1. The van der Waals surface area contributed by atoms with Crippen molar-refractivity contribution in [3.63, 3.8) is 0 Å². The molecule has 30 heavy (non-hydrogen) atoms. The lowest BCUT2D eigenvalue weighted by Crippen LogP contribution is -2.35. The first-order valence-electron chi connectivity index (χ1n) is 9.13. The molecule has 1 aromatic heterocycles. The van der Waals surface area contributed by atoms with Gasteiger partial charge in [0.2, 0.25) is 5.91 Å². The van der Waals surface area contributed by atoms with Gasteiger partial charge in [-0.15, -0.1) is 0 Å². The van der Waals surface area contributed by atoms with Crippen LogP contribution in [0.25, 0.3) is 21.9 Å². The number of ether oxygens (including phenoxy) is 1. The third-order valence-electron chi connectivity index (χ3n) is 4.48. The number of hydrogen-bond donors (Lipinski definition) is 3. The van der Waals surface area contributed by atoms with E-state index >= 15 is 0 Å².